The zero-order valence-electron chi connectivity index (χ0n) is 18.0. The van der Waals surface area contributed by atoms with Gasteiger partial charge < -0.3 is 10.3 Å². The van der Waals surface area contributed by atoms with Crippen molar-refractivity contribution in [3.8, 4) is 22.6 Å². The van der Waals surface area contributed by atoms with E-state index in [2.05, 4.69) is 52.6 Å². The molecule has 3 N–H and O–H groups in total. The van der Waals surface area contributed by atoms with Gasteiger partial charge in [0.25, 0.3) is 0 Å². The highest BCUT2D eigenvalue weighted by molar-refractivity contribution is 5.93. The third kappa shape index (κ3) is 3.67. The second-order valence-corrected chi connectivity index (χ2v) is 7.91. The minimum Gasteiger partial charge on any atom is -0.335 e. The van der Waals surface area contributed by atoms with E-state index in [4.69, 9.17) is 0 Å². The minimum absolute atomic E-state index is 0.268. The SMILES string of the molecule is Fc1c(-c2cncc(CNCc3ccccc3)c2)cnc2n[nH]c(-c3nc4ncccc4[nH]3)c12. The zero-order chi connectivity index (χ0) is 22.9. The number of nitrogens with one attached hydrogen (secondary N) is 3. The third-order valence-electron chi connectivity index (χ3n) is 5.62. The van der Waals surface area contributed by atoms with Gasteiger partial charge in [0.15, 0.2) is 17.1 Å². The Kier molecular flexibility index (Phi) is 5.00. The molecule has 6 aromatic rings. The number of pyridine rings is 3. The first-order valence-corrected chi connectivity index (χ1v) is 10.8. The van der Waals surface area contributed by atoms with E-state index in [9.17, 15) is 0 Å². The molecule has 0 bridgehead atoms. The van der Waals surface area contributed by atoms with Crippen LogP contribution in [0.25, 0.3) is 44.8 Å². The van der Waals surface area contributed by atoms with Crippen LogP contribution in [0.15, 0.2) is 73.3 Å². The van der Waals surface area contributed by atoms with Gasteiger partial charge in [-0.1, -0.05) is 30.3 Å². The highest BCUT2D eigenvalue weighted by Gasteiger charge is 2.20. The summed E-state index contributed by atoms with van der Waals surface area (Å²) >= 11 is 0. The van der Waals surface area contributed by atoms with Crippen molar-refractivity contribution in [3.63, 3.8) is 0 Å². The molecule has 0 radical (unpaired) electrons. The zero-order valence-corrected chi connectivity index (χ0v) is 18.0. The standard InChI is InChI=1S/C25H19FN8/c26-21-18(17-9-16(12-28-13-17)11-27-10-15-5-2-1-3-6-15)14-30-24-20(21)22(33-34-24)25-31-19-7-4-8-29-23(19)32-25/h1-9,12-14,27H,10-11H2,(H,29,31,32)(H,30,33,34). The Bertz CT molecular complexity index is 1570. The molecule has 0 unspecified atom stereocenters. The number of aromatic amines is 2. The van der Waals surface area contributed by atoms with E-state index in [1.807, 2.05) is 36.4 Å². The van der Waals surface area contributed by atoms with Crippen molar-refractivity contribution in [1.29, 1.82) is 0 Å². The van der Waals surface area contributed by atoms with Crippen molar-refractivity contribution in [1.82, 2.24) is 40.4 Å². The lowest BCUT2D eigenvalue weighted by Gasteiger charge is -2.08. The number of hydrogen-bond acceptors (Lipinski definition) is 6. The van der Waals surface area contributed by atoms with Crippen LogP contribution in [-0.4, -0.2) is 35.1 Å². The van der Waals surface area contributed by atoms with Crippen LogP contribution < -0.4 is 5.32 Å². The summed E-state index contributed by atoms with van der Waals surface area (Å²) in [6, 6.07) is 15.7. The molecule has 34 heavy (non-hydrogen) atoms. The van der Waals surface area contributed by atoms with Crippen molar-refractivity contribution in [2.75, 3.05) is 0 Å². The van der Waals surface area contributed by atoms with Crippen LogP contribution in [0, 0.1) is 5.82 Å². The number of hydrogen-bond donors (Lipinski definition) is 3. The van der Waals surface area contributed by atoms with Gasteiger partial charge in [-0.15, -0.1) is 0 Å². The number of fused-ring (bicyclic) bond motifs is 2. The number of rotatable bonds is 6. The molecule has 166 valence electrons. The van der Waals surface area contributed by atoms with Gasteiger partial charge in [-0.3, -0.25) is 10.1 Å². The molecule has 0 atom stereocenters. The summed E-state index contributed by atoms with van der Waals surface area (Å²) in [6.45, 7) is 1.34. The molecule has 0 saturated heterocycles. The largest absolute Gasteiger partial charge is 0.335 e. The predicted octanol–water partition coefficient (Wildman–Crippen LogP) is 4.39. The van der Waals surface area contributed by atoms with Gasteiger partial charge in [-0.2, -0.15) is 5.10 Å². The summed E-state index contributed by atoms with van der Waals surface area (Å²) in [6.07, 6.45) is 6.56. The van der Waals surface area contributed by atoms with Crippen molar-refractivity contribution < 1.29 is 4.39 Å². The summed E-state index contributed by atoms with van der Waals surface area (Å²) in [5.74, 6) is 0.0180. The fourth-order valence-electron chi connectivity index (χ4n) is 3.97. The van der Waals surface area contributed by atoms with Gasteiger partial charge in [-0.25, -0.2) is 19.3 Å². The van der Waals surface area contributed by atoms with E-state index in [1.165, 1.54) is 11.8 Å². The van der Waals surface area contributed by atoms with Crippen molar-refractivity contribution in [2.24, 2.45) is 0 Å². The number of aromatic nitrogens is 7. The fourth-order valence-corrected chi connectivity index (χ4v) is 3.97. The topological polar surface area (TPSA) is 108 Å². The average molecular weight is 450 g/mol. The third-order valence-corrected chi connectivity index (χ3v) is 5.62. The summed E-state index contributed by atoms with van der Waals surface area (Å²) in [7, 11) is 0. The number of imidazole rings is 1. The van der Waals surface area contributed by atoms with E-state index in [0.717, 1.165) is 17.6 Å². The molecular formula is C25H19FN8. The van der Waals surface area contributed by atoms with Crippen LogP contribution in [0.1, 0.15) is 11.1 Å². The molecule has 8 nitrogen and oxygen atoms in total. The van der Waals surface area contributed by atoms with Crippen molar-refractivity contribution in [2.45, 2.75) is 13.1 Å². The highest BCUT2D eigenvalue weighted by atomic mass is 19.1. The number of benzene rings is 1. The van der Waals surface area contributed by atoms with Crippen LogP contribution >= 0.6 is 0 Å². The van der Waals surface area contributed by atoms with Crippen molar-refractivity contribution >= 4 is 22.2 Å². The molecule has 0 spiro atoms. The number of halogens is 1. The van der Waals surface area contributed by atoms with Crippen molar-refractivity contribution in [3.05, 3.63) is 90.3 Å². The molecule has 5 aromatic heterocycles. The Morgan fingerprint density at radius 2 is 1.76 bits per heavy atom. The summed E-state index contributed by atoms with van der Waals surface area (Å²) < 4.78 is 15.8. The molecule has 0 amide bonds. The summed E-state index contributed by atoms with van der Waals surface area (Å²) in [5.41, 5.74) is 5.14. The molecule has 0 aliphatic rings. The minimum atomic E-state index is -0.432. The first-order chi connectivity index (χ1) is 16.8. The van der Waals surface area contributed by atoms with E-state index >= 15 is 4.39 Å². The molecule has 0 aliphatic heterocycles. The maximum Gasteiger partial charge on any atom is 0.184 e. The molecular weight excluding hydrogens is 431 g/mol. The van der Waals surface area contributed by atoms with E-state index in [1.54, 1.807) is 18.6 Å². The quantitative estimate of drug-likeness (QED) is 0.347. The lowest BCUT2D eigenvalue weighted by molar-refractivity contribution is 0.642. The number of H-pyrrole nitrogens is 2. The second-order valence-electron chi connectivity index (χ2n) is 7.91. The van der Waals surface area contributed by atoms with Gasteiger partial charge in [0, 0.05) is 49.0 Å². The molecule has 6 rings (SSSR count). The molecule has 9 heteroatoms. The van der Waals surface area contributed by atoms with Gasteiger partial charge in [0.1, 0.15) is 11.5 Å². The first kappa shape index (κ1) is 20.1. The molecule has 5 heterocycles. The van der Waals surface area contributed by atoms with Crippen LogP contribution in [-0.2, 0) is 13.1 Å². The Balaban J connectivity index is 1.32. The lowest BCUT2D eigenvalue weighted by atomic mass is 10.1. The maximum atomic E-state index is 15.8. The lowest BCUT2D eigenvalue weighted by Crippen LogP contribution is -2.12. The summed E-state index contributed by atoms with van der Waals surface area (Å²) in [4.78, 5) is 20.6. The second kappa shape index (κ2) is 8.45. The average Bonchev–Trinajstić information content (AvgIpc) is 3.50. The van der Waals surface area contributed by atoms with Crippen LogP contribution in [0.2, 0.25) is 0 Å². The van der Waals surface area contributed by atoms with E-state index < -0.39 is 5.82 Å². The highest BCUT2D eigenvalue weighted by Crippen LogP contribution is 2.32. The Morgan fingerprint density at radius 3 is 2.65 bits per heavy atom. The molecule has 1 aromatic carbocycles. The Morgan fingerprint density at radius 1 is 0.882 bits per heavy atom. The Hall–Kier alpha value is -4.50. The van der Waals surface area contributed by atoms with Gasteiger partial charge in [0.05, 0.1) is 10.9 Å². The molecule has 0 aliphatic carbocycles. The van der Waals surface area contributed by atoms with Gasteiger partial charge in [0.2, 0.25) is 0 Å². The van der Waals surface area contributed by atoms with Crippen LogP contribution in [0.3, 0.4) is 0 Å². The fraction of sp³-hybridized carbons (Fsp3) is 0.0800. The normalized spacial score (nSPS) is 11.4. The Labute approximate surface area is 193 Å². The monoisotopic (exact) mass is 450 g/mol. The van der Waals surface area contributed by atoms with Gasteiger partial charge >= 0.3 is 0 Å². The van der Waals surface area contributed by atoms with Crippen LogP contribution in [0.5, 0.6) is 0 Å². The number of nitrogens with zero attached hydrogens (tertiary/aromatic N) is 5. The van der Waals surface area contributed by atoms with E-state index in [-0.39, 0.29) is 11.0 Å². The molecule has 0 saturated carbocycles. The smallest absolute Gasteiger partial charge is 0.184 e. The summed E-state index contributed by atoms with van der Waals surface area (Å²) in [5, 5.41) is 10.7. The molecule has 0 fully saturated rings. The van der Waals surface area contributed by atoms with Crippen LogP contribution in [0.4, 0.5) is 4.39 Å². The first-order valence-electron chi connectivity index (χ1n) is 10.8. The maximum absolute atomic E-state index is 15.8. The predicted molar refractivity (Wildman–Crippen MR) is 127 cm³/mol. The van der Waals surface area contributed by atoms with E-state index in [0.29, 0.717) is 34.8 Å². The van der Waals surface area contributed by atoms with Gasteiger partial charge in [-0.05, 0) is 29.3 Å².